The lowest BCUT2D eigenvalue weighted by Crippen LogP contribution is -2.26. The third kappa shape index (κ3) is 0.805. The van der Waals surface area contributed by atoms with Crippen LogP contribution in [0, 0.1) is 0 Å². The molecule has 0 amide bonds. The van der Waals surface area contributed by atoms with Crippen LogP contribution in [0.25, 0.3) is 11.1 Å². The van der Waals surface area contributed by atoms with Gasteiger partial charge in [-0.25, -0.2) is 0 Å². The third-order valence-electron chi connectivity index (χ3n) is 2.74. The van der Waals surface area contributed by atoms with E-state index >= 15 is 0 Å². The van der Waals surface area contributed by atoms with E-state index in [-0.39, 0.29) is 11.5 Å². The zero-order valence-corrected chi connectivity index (χ0v) is 8.80. The summed E-state index contributed by atoms with van der Waals surface area (Å²) < 4.78 is 0.544. The molecule has 70 valence electrons. The molecule has 0 radical (unpaired) electrons. The van der Waals surface area contributed by atoms with Crippen molar-refractivity contribution in [3.63, 3.8) is 0 Å². The van der Waals surface area contributed by atoms with Crippen LogP contribution in [-0.2, 0) is 0 Å². The van der Waals surface area contributed by atoms with Gasteiger partial charge in [0.05, 0.1) is 4.47 Å². The lowest BCUT2D eigenvalue weighted by molar-refractivity contribution is 0.449. The molecule has 0 unspecified atom stereocenters. The van der Waals surface area contributed by atoms with Crippen LogP contribution in [0.4, 0.5) is 0 Å². The highest BCUT2D eigenvalue weighted by molar-refractivity contribution is 9.10. The van der Waals surface area contributed by atoms with Gasteiger partial charge in [-0.05, 0) is 39.6 Å². The number of phenolic OH excluding ortho intramolecular Hbond substituents is 2. The summed E-state index contributed by atoms with van der Waals surface area (Å²) in [5, 5.41) is 21.2. The minimum atomic E-state index is 0.229. The van der Waals surface area contributed by atoms with E-state index in [2.05, 4.69) is 15.9 Å². The number of hydrogen-bond acceptors (Lipinski definition) is 2. The van der Waals surface area contributed by atoms with E-state index < -0.39 is 0 Å². The molecule has 0 saturated carbocycles. The highest BCUT2D eigenvalue weighted by Crippen LogP contribution is 2.31. The Labute approximate surface area is 88.6 Å². The van der Waals surface area contributed by atoms with Gasteiger partial charge in [-0.2, -0.15) is 0 Å². The molecule has 2 aliphatic rings. The topological polar surface area (TPSA) is 40.5 Å². The molecule has 0 aliphatic heterocycles. The molecule has 3 rings (SSSR count). The van der Waals surface area contributed by atoms with Gasteiger partial charge in [0.15, 0.2) is 0 Å². The van der Waals surface area contributed by atoms with Crippen molar-refractivity contribution < 1.29 is 10.2 Å². The van der Waals surface area contributed by atoms with E-state index in [1.807, 2.05) is 12.2 Å². The monoisotopic (exact) mass is 250 g/mol. The fraction of sp³-hybridized carbons (Fsp3) is 0.0909. The smallest absolute Gasteiger partial charge is 0.138 e. The summed E-state index contributed by atoms with van der Waals surface area (Å²) in [5.74, 6) is 0.464. The summed E-state index contributed by atoms with van der Waals surface area (Å²) in [4.78, 5) is 0. The molecule has 2 aliphatic carbocycles. The second-order valence-corrected chi connectivity index (χ2v) is 4.39. The Balaban J connectivity index is 2.66. The van der Waals surface area contributed by atoms with Crippen LogP contribution in [-0.4, -0.2) is 10.2 Å². The van der Waals surface area contributed by atoms with E-state index in [1.54, 1.807) is 0 Å². The van der Waals surface area contributed by atoms with Crippen molar-refractivity contribution in [3.05, 3.63) is 33.1 Å². The molecule has 0 atom stereocenters. The van der Waals surface area contributed by atoms with Crippen LogP contribution in [0.1, 0.15) is 6.42 Å². The first-order valence-corrected chi connectivity index (χ1v) is 5.12. The van der Waals surface area contributed by atoms with Gasteiger partial charge in [0.2, 0.25) is 0 Å². The quantitative estimate of drug-likeness (QED) is 0.679. The molecule has 3 heteroatoms. The maximum Gasteiger partial charge on any atom is 0.138 e. The highest BCUT2D eigenvalue weighted by Gasteiger charge is 2.21. The number of hydrogen-bond donors (Lipinski definition) is 2. The maximum absolute atomic E-state index is 9.84. The Bertz CT molecular complexity index is 597. The summed E-state index contributed by atoms with van der Waals surface area (Å²) >= 11 is 3.21. The van der Waals surface area contributed by atoms with Crippen molar-refractivity contribution >= 4 is 27.1 Å². The minimum absolute atomic E-state index is 0.229. The predicted molar refractivity (Wildman–Crippen MR) is 57.3 cm³/mol. The average Bonchev–Trinajstić information content (AvgIpc) is 2.73. The van der Waals surface area contributed by atoms with E-state index in [9.17, 15) is 10.2 Å². The van der Waals surface area contributed by atoms with Crippen molar-refractivity contribution in [1.82, 2.24) is 0 Å². The third-order valence-corrected chi connectivity index (χ3v) is 3.35. The maximum atomic E-state index is 9.84. The molecular weight excluding hydrogens is 244 g/mol. The lowest BCUT2D eigenvalue weighted by Gasteiger charge is -2.02. The number of benzene rings is 1. The van der Waals surface area contributed by atoms with Gasteiger partial charge < -0.3 is 10.2 Å². The molecule has 0 heterocycles. The first-order chi connectivity index (χ1) is 6.68. The molecule has 0 aromatic heterocycles. The predicted octanol–water partition coefficient (Wildman–Crippen LogP) is 1.14. The Morgan fingerprint density at radius 1 is 1.07 bits per heavy atom. The average molecular weight is 251 g/mol. The van der Waals surface area contributed by atoms with E-state index in [4.69, 9.17) is 0 Å². The second-order valence-electron chi connectivity index (χ2n) is 3.54. The molecule has 14 heavy (non-hydrogen) atoms. The fourth-order valence-corrected chi connectivity index (χ4v) is 2.55. The highest BCUT2D eigenvalue weighted by atomic mass is 79.9. The molecule has 1 aromatic carbocycles. The largest absolute Gasteiger partial charge is 0.507 e. The van der Waals surface area contributed by atoms with Crippen LogP contribution in [0.2, 0.25) is 0 Å². The minimum Gasteiger partial charge on any atom is -0.507 e. The van der Waals surface area contributed by atoms with Gasteiger partial charge in [0.1, 0.15) is 11.5 Å². The summed E-state index contributed by atoms with van der Waals surface area (Å²) in [7, 11) is 0. The molecule has 1 aromatic rings. The lowest BCUT2D eigenvalue weighted by atomic mass is 10.1. The molecule has 2 nitrogen and oxygen atoms in total. The normalized spacial score (nSPS) is 16.6. The summed E-state index contributed by atoms with van der Waals surface area (Å²) in [6, 6.07) is 1.54. The molecule has 2 bridgehead atoms. The van der Waals surface area contributed by atoms with Gasteiger partial charge in [-0.15, -0.1) is 0 Å². The van der Waals surface area contributed by atoms with Gasteiger partial charge >= 0.3 is 0 Å². The van der Waals surface area contributed by atoms with Crippen molar-refractivity contribution in [2.75, 3.05) is 0 Å². The van der Waals surface area contributed by atoms with Crippen molar-refractivity contribution in [2.24, 2.45) is 0 Å². The van der Waals surface area contributed by atoms with Crippen molar-refractivity contribution in [2.45, 2.75) is 6.42 Å². The number of aromatic hydroxyl groups is 2. The second kappa shape index (κ2) is 2.42. The standard InChI is InChI=1S/C11H7BrO2/c12-7-4-8(13)9-5-1-2-6(3-5)10(9)11(7)14/h1-2,4,13-14H,3H2. The summed E-state index contributed by atoms with van der Waals surface area (Å²) in [6.07, 6.45) is 4.81. The van der Waals surface area contributed by atoms with Crippen LogP contribution in [0.3, 0.4) is 0 Å². The van der Waals surface area contributed by atoms with E-state index in [1.165, 1.54) is 6.07 Å². The SMILES string of the molecule is Oc1cc(Br)c(O)c2c1=C1C=CC=2C1. The fourth-order valence-electron chi connectivity index (χ4n) is 2.13. The Hall–Kier alpha value is -1.22. The van der Waals surface area contributed by atoms with Gasteiger partial charge in [0.25, 0.3) is 0 Å². The van der Waals surface area contributed by atoms with Gasteiger partial charge in [-0.3, -0.25) is 0 Å². The van der Waals surface area contributed by atoms with Gasteiger partial charge in [-0.1, -0.05) is 12.2 Å². The van der Waals surface area contributed by atoms with E-state index in [0.717, 1.165) is 28.0 Å². The molecule has 0 spiro atoms. The zero-order chi connectivity index (χ0) is 9.87. The first kappa shape index (κ1) is 8.12. The number of allylic oxidation sites excluding steroid dienone is 2. The Morgan fingerprint density at radius 2 is 1.71 bits per heavy atom. The van der Waals surface area contributed by atoms with Gasteiger partial charge in [0, 0.05) is 10.4 Å². The van der Waals surface area contributed by atoms with E-state index in [0.29, 0.717) is 4.47 Å². The Morgan fingerprint density at radius 3 is 2.43 bits per heavy atom. The Kier molecular flexibility index (Phi) is 1.40. The van der Waals surface area contributed by atoms with Crippen molar-refractivity contribution in [1.29, 1.82) is 0 Å². The zero-order valence-electron chi connectivity index (χ0n) is 7.21. The number of rotatable bonds is 0. The summed E-state index contributed by atoms with van der Waals surface area (Å²) in [6.45, 7) is 0. The number of halogens is 1. The first-order valence-electron chi connectivity index (χ1n) is 4.33. The molecule has 2 N–H and O–H groups in total. The number of fused-ring (bicyclic) bond motifs is 3. The van der Waals surface area contributed by atoms with Crippen LogP contribution >= 0.6 is 15.9 Å². The molecule has 0 fully saturated rings. The number of phenols is 2. The summed E-state index contributed by atoms with van der Waals surface area (Å²) in [5.41, 5.74) is 2.18. The molecular formula is C11H7BrO2. The van der Waals surface area contributed by atoms with Crippen LogP contribution in [0.5, 0.6) is 11.5 Å². The van der Waals surface area contributed by atoms with Crippen LogP contribution in [0.15, 0.2) is 22.7 Å². The van der Waals surface area contributed by atoms with Crippen LogP contribution < -0.4 is 10.4 Å². The van der Waals surface area contributed by atoms with Crippen molar-refractivity contribution in [3.8, 4) is 11.5 Å². The molecule has 0 saturated heterocycles.